The van der Waals surface area contributed by atoms with Gasteiger partial charge < -0.3 is 0 Å². The minimum absolute atomic E-state index is 0. The van der Waals surface area contributed by atoms with Crippen LogP contribution in [0.5, 0.6) is 0 Å². The normalized spacial score (nSPS) is 25.8. The van der Waals surface area contributed by atoms with Crippen LogP contribution in [0.3, 0.4) is 0 Å². The van der Waals surface area contributed by atoms with Gasteiger partial charge in [-0.2, -0.15) is 5.26 Å². The molecule has 0 bridgehead atoms. The Morgan fingerprint density at radius 3 is 2.15 bits per heavy atom. The third kappa shape index (κ3) is 2.15. The van der Waals surface area contributed by atoms with E-state index in [2.05, 4.69) is 11.0 Å². The highest BCUT2D eigenvalue weighted by Crippen LogP contribution is 2.33. The van der Waals surface area contributed by atoms with E-state index in [0.717, 1.165) is 13.1 Å². The predicted molar refractivity (Wildman–Crippen MR) is 54.8 cm³/mol. The van der Waals surface area contributed by atoms with E-state index in [1.54, 1.807) is 0 Å². The highest BCUT2D eigenvalue weighted by molar-refractivity contribution is 5.85. The number of hydrogen-bond acceptors (Lipinski definition) is 2. The van der Waals surface area contributed by atoms with Crippen LogP contribution >= 0.6 is 12.4 Å². The van der Waals surface area contributed by atoms with E-state index in [1.165, 1.54) is 32.1 Å². The van der Waals surface area contributed by atoms with Crippen molar-refractivity contribution in [2.45, 2.75) is 38.1 Å². The number of nitrogens with zero attached hydrogens (tertiary/aromatic N) is 2. The van der Waals surface area contributed by atoms with Crippen molar-refractivity contribution in [1.29, 1.82) is 5.26 Å². The Morgan fingerprint density at radius 2 is 1.77 bits per heavy atom. The van der Waals surface area contributed by atoms with E-state index in [1.807, 2.05) is 0 Å². The number of halogens is 1. The summed E-state index contributed by atoms with van der Waals surface area (Å²) < 4.78 is 0. The summed E-state index contributed by atoms with van der Waals surface area (Å²) in [6.07, 6.45) is 6.51. The summed E-state index contributed by atoms with van der Waals surface area (Å²) in [6, 6.07) is 2.72. The zero-order chi connectivity index (χ0) is 8.39. The fourth-order valence-corrected chi connectivity index (χ4v) is 2.26. The molecule has 0 aromatic rings. The SMILES string of the molecule is Cl.N#CC(C1CCC1)N1CCCC1. The predicted octanol–water partition coefficient (Wildman–Crippen LogP) is 2.20. The van der Waals surface area contributed by atoms with Crippen molar-refractivity contribution in [1.82, 2.24) is 4.90 Å². The van der Waals surface area contributed by atoms with Crippen LogP contribution in [0.2, 0.25) is 0 Å². The lowest BCUT2D eigenvalue weighted by atomic mass is 9.79. The second-order valence-electron chi connectivity index (χ2n) is 4.01. The summed E-state index contributed by atoms with van der Waals surface area (Å²) >= 11 is 0. The van der Waals surface area contributed by atoms with E-state index in [-0.39, 0.29) is 18.4 Å². The van der Waals surface area contributed by atoms with Crippen LogP contribution in [-0.2, 0) is 0 Å². The third-order valence-corrected chi connectivity index (χ3v) is 3.26. The van der Waals surface area contributed by atoms with Crippen LogP contribution in [0.4, 0.5) is 0 Å². The van der Waals surface area contributed by atoms with E-state index in [9.17, 15) is 0 Å². The highest BCUT2D eigenvalue weighted by Gasteiger charge is 2.32. The van der Waals surface area contributed by atoms with Gasteiger partial charge in [-0.25, -0.2) is 0 Å². The fourth-order valence-electron chi connectivity index (χ4n) is 2.26. The fraction of sp³-hybridized carbons (Fsp3) is 0.900. The maximum Gasteiger partial charge on any atom is 0.101 e. The van der Waals surface area contributed by atoms with Gasteiger partial charge in [0.1, 0.15) is 6.04 Å². The molecule has 2 fully saturated rings. The van der Waals surface area contributed by atoms with Crippen molar-refractivity contribution >= 4 is 12.4 Å². The zero-order valence-electron chi connectivity index (χ0n) is 7.91. The van der Waals surface area contributed by atoms with Crippen LogP contribution in [0.25, 0.3) is 0 Å². The molecular formula is C10H17ClN2. The Kier molecular flexibility index (Phi) is 4.02. The molecule has 0 aromatic carbocycles. The molecule has 1 aliphatic carbocycles. The Labute approximate surface area is 86.3 Å². The average molecular weight is 201 g/mol. The average Bonchev–Trinajstić information content (AvgIpc) is 2.47. The van der Waals surface area contributed by atoms with Crippen molar-refractivity contribution in [2.75, 3.05) is 13.1 Å². The summed E-state index contributed by atoms with van der Waals surface area (Å²) in [5.74, 6) is 0.702. The second-order valence-corrected chi connectivity index (χ2v) is 4.01. The number of likely N-dealkylation sites (tertiary alicyclic amines) is 1. The number of hydrogen-bond donors (Lipinski definition) is 0. The Balaban J connectivity index is 0.000000845. The molecule has 0 radical (unpaired) electrons. The minimum Gasteiger partial charge on any atom is -0.288 e. The summed E-state index contributed by atoms with van der Waals surface area (Å²) in [5, 5.41) is 9.03. The molecule has 1 heterocycles. The van der Waals surface area contributed by atoms with Crippen molar-refractivity contribution in [3.05, 3.63) is 0 Å². The molecule has 1 unspecified atom stereocenters. The largest absolute Gasteiger partial charge is 0.288 e. The number of rotatable bonds is 2. The van der Waals surface area contributed by atoms with Crippen LogP contribution in [0.15, 0.2) is 0 Å². The van der Waals surface area contributed by atoms with Crippen molar-refractivity contribution < 1.29 is 0 Å². The van der Waals surface area contributed by atoms with E-state index in [4.69, 9.17) is 5.26 Å². The molecule has 2 rings (SSSR count). The summed E-state index contributed by atoms with van der Waals surface area (Å²) in [7, 11) is 0. The first-order valence-corrected chi connectivity index (χ1v) is 5.05. The van der Waals surface area contributed by atoms with Gasteiger partial charge in [0.15, 0.2) is 0 Å². The summed E-state index contributed by atoms with van der Waals surface area (Å²) in [5.41, 5.74) is 0. The second kappa shape index (κ2) is 4.83. The quantitative estimate of drug-likeness (QED) is 0.684. The van der Waals surface area contributed by atoms with Crippen molar-refractivity contribution in [3.8, 4) is 6.07 Å². The van der Waals surface area contributed by atoms with Gasteiger partial charge in [0.25, 0.3) is 0 Å². The standard InChI is InChI=1S/C10H16N2.ClH/c11-8-10(9-4-3-5-9)12-6-1-2-7-12;/h9-10H,1-7H2;1H. The van der Waals surface area contributed by atoms with Gasteiger partial charge in [0, 0.05) is 0 Å². The van der Waals surface area contributed by atoms with Crippen LogP contribution < -0.4 is 0 Å². The molecule has 13 heavy (non-hydrogen) atoms. The lowest BCUT2D eigenvalue weighted by Crippen LogP contribution is -2.40. The molecule has 1 aliphatic heterocycles. The van der Waals surface area contributed by atoms with E-state index >= 15 is 0 Å². The summed E-state index contributed by atoms with van der Waals surface area (Å²) in [6.45, 7) is 2.32. The van der Waals surface area contributed by atoms with Gasteiger partial charge in [0.2, 0.25) is 0 Å². The molecule has 0 spiro atoms. The highest BCUT2D eigenvalue weighted by atomic mass is 35.5. The van der Waals surface area contributed by atoms with Crippen molar-refractivity contribution in [2.24, 2.45) is 5.92 Å². The van der Waals surface area contributed by atoms with E-state index < -0.39 is 0 Å². The maximum absolute atomic E-state index is 9.03. The minimum atomic E-state index is 0. The molecule has 74 valence electrons. The van der Waals surface area contributed by atoms with Crippen LogP contribution in [0, 0.1) is 17.2 Å². The Hall–Kier alpha value is -0.260. The van der Waals surface area contributed by atoms with Gasteiger partial charge in [0.05, 0.1) is 6.07 Å². The molecule has 2 aliphatic rings. The third-order valence-electron chi connectivity index (χ3n) is 3.26. The molecule has 3 heteroatoms. The maximum atomic E-state index is 9.03. The van der Waals surface area contributed by atoms with Crippen molar-refractivity contribution in [3.63, 3.8) is 0 Å². The molecule has 1 atom stereocenters. The zero-order valence-corrected chi connectivity index (χ0v) is 8.72. The first-order chi connectivity index (χ1) is 5.92. The lowest BCUT2D eigenvalue weighted by molar-refractivity contribution is 0.156. The lowest BCUT2D eigenvalue weighted by Gasteiger charge is -2.34. The molecule has 0 amide bonds. The Morgan fingerprint density at radius 1 is 1.15 bits per heavy atom. The smallest absolute Gasteiger partial charge is 0.101 e. The first kappa shape index (κ1) is 10.8. The topological polar surface area (TPSA) is 27.0 Å². The van der Waals surface area contributed by atoms with Gasteiger partial charge in [-0.3, -0.25) is 4.90 Å². The monoisotopic (exact) mass is 200 g/mol. The molecular weight excluding hydrogens is 184 g/mol. The van der Waals surface area contributed by atoms with Gasteiger partial charge in [-0.15, -0.1) is 12.4 Å². The molecule has 1 saturated heterocycles. The molecule has 2 nitrogen and oxygen atoms in total. The molecule has 0 N–H and O–H groups in total. The van der Waals surface area contributed by atoms with Crippen LogP contribution in [0.1, 0.15) is 32.1 Å². The van der Waals surface area contributed by atoms with Gasteiger partial charge in [-0.05, 0) is 44.7 Å². The molecule has 1 saturated carbocycles. The van der Waals surface area contributed by atoms with Gasteiger partial charge >= 0.3 is 0 Å². The molecule has 0 aromatic heterocycles. The van der Waals surface area contributed by atoms with Crippen LogP contribution in [-0.4, -0.2) is 24.0 Å². The first-order valence-electron chi connectivity index (χ1n) is 5.05. The number of nitriles is 1. The Bertz CT molecular complexity index is 190. The van der Waals surface area contributed by atoms with Gasteiger partial charge in [-0.1, -0.05) is 6.42 Å². The summed E-state index contributed by atoms with van der Waals surface area (Å²) in [4.78, 5) is 2.38. The van der Waals surface area contributed by atoms with E-state index in [0.29, 0.717) is 5.92 Å².